The van der Waals surface area contributed by atoms with Crippen LogP contribution in [0.5, 0.6) is 0 Å². The number of carbonyl (C=O) groups is 2. The van der Waals surface area contributed by atoms with E-state index < -0.39 is 29.7 Å². The molecular formula is C11H15N7O3. The molecule has 0 aromatic rings. The minimum Gasteiger partial charge on any atom is -0.407 e. The van der Waals surface area contributed by atoms with Gasteiger partial charge in [-0.25, -0.2) is 4.79 Å². The minimum atomic E-state index is -1.10. The Morgan fingerprint density at radius 2 is 1.33 bits per heavy atom. The lowest BCUT2D eigenvalue weighted by atomic mass is 9.86. The van der Waals surface area contributed by atoms with Crippen molar-refractivity contribution in [2.75, 3.05) is 0 Å². The quantitative estimate of drug-likeness (QED) is 0.172. The summed E-state index contributed by atoms with van der Waals surface area (Å²) in [5, 5.41) is 7.41. The summed E-state index contributed by atoms with van der Waals surface area (Å²) in [7, 11) is 0. The Hall–Kier alpha value is -2.85. The molecule has 10 heteroatoms. The Bertz CT molecular complexity index is 643. The van der Waals surface area contributed by atoms with Gasteiger partial charge in [-0.2, -0.15) is 0 Å². The van der Waals surface area contributed by atoms with E-state index in [1.54, 1.807) is 0 Å². The van der Waals surface area contributed by atoms with Crippen molar-refractivity contribution in [1.82, 2.24) is 0 Å². The van der Waals surface area contributed by atoms with Gasteiger partial charge in [-0.3, -0.25) is 10.2 Å². The molecule has 1 aliphatic heterocycles. The molecule has 2 atom stereocenters. The Morgan fingerprint density at radius 3 is 1.81 bits per heavy atom. The molecule has 2 aliphatic rings. The van der Waals surface area contributed by atoms with Gasteiger partial charge in [-0.1, -0.05) is 0 Å². The summed E-state index contributed by atoms with van der Waals surface area (Å²) >= 11 is 0. The van der Waals surface area contributed by atoms with Crippen LogP contribution in [0.3, 0.4) is 0 Å². The van der Waals surface area contributed by atoms with Gasteiger partial charge >= 0.3 is 5.97 Å². The Morgan fingerprint density at radius 1 is 0.857 bits per heavy atom. The normalized spacial score (nSPS) is 27.4. The second-order valence-electron chi connectivity index (χ2n) is 4.58. The fourth-order valence-electron chi connectivity index (χ4n) is 2.06. The number of hydrogen-bond acceptors (Lipinski definition) is 10. The molecule has 2 unspecified atom stereocenters. The van der Waals surface area contributed by atoms with Crippen LogP contribution in [0.2, 0.25) is 0 Å². The van der Waals surface area contributed by atoms with E-state index in [0.717, 1.165) is 0 Å². The van der Waals surface area contributed by atoms with E-state index in [9.17, 15) is 9.59 Å². The number of hydrogen-bond donors (Lipinski definition) is 7. The van der Waals surface area contributed by atoms with Crippen LogP contribution < -0.4 is 34.4 Å². The van der Waals surface area contributed by atoms with Gasteiger partial charge in [-0.05, 0) is 0 Å². The van der Waals surface area contributed by atoms with Crippen LogP contribution in [0.1, 0.15) is 0 Å². The van der Waals surface area contributed by atoms with Gasteiger partial charge in [0, 0.05) is 5.57 Å². The van der Waals surface area contributed by atoms with E-state index in [0.29, 0.717) is 0 Å². The summed E-state index contributed by atoms with van der Waals surface area (Å²) in [6, 6.07) is -2.16. The lowest BCUT2D eigenvalue weighted by Crippen LogP contribution is -2.55. The van der Waals surface area contributed by atoms with Gasteiger partial charge < -0.3 is 39.1 Å². The third-order valence-corrected chi connectivity index (χ3v) is 3.32. The molecule has 1 fully saturated rings. The van der Waals surface area contributed by atoms with Crippen molar-refractivity contribution in [1.29, 1.82) is 5.41 Å². The molecule has 0 radical (unpaired) electrons. The molecule has 1 saturated heterocycles. The molecule has 0 aromatic carbocycles. The highest BCUT2D eigenvalue weighted by atomic mass is 16.5. The van der Waals surface area contributed by atoms with Crippen LogP contribution in [-0.2, 0) is 14.3 Å². The highest BCUT2D eigenvalue weighted by molar-refractivity contribution is 6.12. The lowest BCUT2D eigenvalue weighted by Gasteiger charge is -2.30. The molecule has 0 spiro atoms. The van der Waals surface area contributed by atoms with Gasteiger partial charge in [0.2, 0.25) is 11.7 Å². The van der Waals surface area contributed by atoms with Crippen LogP contribution in [-0.4, -0.2) is 29.7 Å². The van der Waals surface area contributed by atoms with E-state index in [1.165, 1.54) is 0 Å². The number of ketones is 1. The average Bonchev–Trinajstić information content (AvgIpc) is 2.44. The molecule has 1 aliphatic carbocycles. The average molecular weight is 293 g/mol. The Kier molecular flexibility index (Phi) is 3.20. The van der Waals surface area contributed by atoms with Gasteiger partial charge in [0.05, 0.1) is 23.0 Å². The summed E-state index contributed by atoms with van der Waals surface area (Å²) in [5.41, 5.74) is 32.7. The predicted molar refractivity (Wildman–Crippen MR) is 72.6 cm³/mol. The maximum absolute atomic E-state index is 12.0. The number of nitrogens with two attached hydrogens (primary N) is 6. The second kappa shape index (κ2) is 4.61. The van der Waals surface area contributed by atoms with E-state index in [4.69, 9.17) is 39.8 Å². The first kappa shape index (κ1) is 14.6. The lowest BCUT2D eigenvalue weighted by molar-refractivity contribution is -0.133. The zero-order valence-corrected chi connectivity index (χ0v) is 10.8. The molecule has 0 bridgehead atoms. The molecule has 0 saturated carbocycles. The van der Waals surface area contributed by atoms with Crippen molar-refractivity contribution in [3.8, 4) is 0 Å². The molecular weight excluding hydrogens is 278 g/mol. The molecule has 2 rings (SSSR count). The Balaban J connectivity index is 2.74. The van der Waals surface area contributed by atoms with Crippen LogP contribution in [0.25, 0.3) is 0 Å². The van der Waals surface area contributed by atoms with Gasteiger partial charge in [0.25, 0.3) is 0 Å². The van der Waals surface area contributed by atoms with Gasteiger partial charge in [0.15, 0.2) is 0 Å². The first-order valence-corrected chi connectivity index (χ1v) is 5.80. The van der Waals surface area contributed by atoms with Crippen LogP contribution in [0.4, 0.5) is 0 Å². The minimum absolute atomic E-state index is 0.0787. The van der Waals surface area contributed by atoms with E-state index in [1.807, 2.05) is 0 Å². The van der Waals surface area contributed by atoms with Crippen molar-refractivity contribution >= 4 is 17.7 Å². The van der Waals surface area contributed by atoms with Crippen LogP contribution in [0, 0.1) is 5.41 Å². The highest BCUT2D eigenvalue weighted by Crippen LogP contribution is 2.29. The van der Waals surface area contributed by atoms with Crippen molar-refractivity contribution in [2.45, 2.75) is 12.1 Å². The third-order valence-electron chi connectivity index (χ3n) is 3.32. The van der Waals surface area contributed by atoms with Crippen LogP contribution in [0.15, 0.2) is 33.9 Å². The monoisotopic (exact) mass is 293 g/mol. The number of Topliss-reactive ketones (excluding diaryl/α,β-unsaturated/α-hetero) is 1. The van der Waals surface area contributed by atoms with Crippen LogP contribution >= 0.6 is 0 Å². The molecule has 10 nitrogen and oxygen atoms in total. The van der Waals surface area contributed by atoms with Crippen molar-refractivity contribution in [2.24, 2.45) is 34.4 Å². The summed E-state index contributed by atoms with van der Waals surface area (Å²) in [4.78, 5) is 23.7. The Labute approximate surface area is 118 Å². The first-order chi connectivity index (χ1) is 9.68. The smallest absolute Gasteiger partial charge is 0.342 e. The summed E-state index contributed by atoms with van der Waals surface area (Å²) in [5.74, 6) is -2.15. The predicted octanol–water partition coefficient (Wildman–Crippen LogP) is -3.69. The molecule has 0 amide bonds. The zero-order chi connectivity index (χ0) is 16.1. The molecule has 1 heterocycles. The summed E-state index contributed by atoms with van der Waals surface area (Å²) < 4.78 is 4.69. The fourth-order valence-corrected chi connectivity index (χ4v) is 2.06. The zero-order valence-electron chi connectivity index (χ0n) is 10.8. The van der Waals surface area contributed by atoms with E-state index in [2.05, 4.69) is 4.74 Å². The summed E-state index contributed by atoms with van der Waals surface area (Å²) in [6.45, 7) is 0. The summed E-state index contributed by atoms with van der Waals surface area (Å²) in [6.07, 6.45) is 0. The number of esters is 1. The maximum Gasteiger partial charge on any atom is 0.342 e. The fraction of sp³-hybridized carbons (Fsp3) is 0.182. The number of rotatable bonds is 0. The van der Waals surface area contributed by atoms with Gasteiger partial charge in [0.1, 0.15) is 17.4 Å². The van der Waals surface area contributed by atoms with E-state index in [-0.39, 0.29) is 33.9 Å². The maximum atomic E-state index is 12.0. The number of cyclic esters (lactones) is 1. The number of carbonyl (C=O) groups excluding carboxylic acids is 2. The van der Waals surface area contributed by atoms with E-state index >= 15 is 0 Å². The number of nitrogens with one attached hydrogen (secondary N) is 1. The first-order valence-electron chi connectivity index (χ1n) is 5.80. The number of ether oxygens (including phenoxy) is 1. The topological polar surface area (TPSA) is 223 Å². The highest BCUT2D eigenvalue weighted by Gasteiger charge is 2.40. The molecule has 112 valence electrons. The molecule has 0 aromatic heterocycles. The van der Waals surface area contributed by atoms with Gasteiger partial charge in [-0.15, -0.1) is 0 Å². The van der Waals surface area contributed by atoms with Crippen molar-refractivity contribution in [3.63, 3.8) is 0 Å². The van der Waals surface area contributed by atoms with Crippen molar-refractivity contribution in [3.05, 3.63) is 33.9 Å². The second-order valence-corrected chi connectivity index (χ2v) is 4.58. The standard InChI is InChI=1S/C11H15N7O3/c12-3-1(4(13)7(16)9(19)6(3)15)2-5(14)8(17)10(18)21-11(2)20/h5,8,18H,12-17H2. The largest absolute Gasteiger partial charge is 0.407 e. The molecule has 13 N–H and O–H groups in total. The van der Waals surface area contributed by atoms with Crippen molar-refractivity contribution < 1.29 is 14.3 Å². The SMILES string of the molecule is N=C1OC(=O)C(=C2C(N)=C(N)C(=O)C(N)=C2N)C(N)C1N. The molecule has 21 heavy (non-hydrogen) atoms. The third kappa shape index (κ3) is 1.93.